The summed E-state index contributed by atoms with van der Waals surface area (Å²) < 4.78 is 0. The smallest absolute Gasteiger partial charge is 0.0709 e. The van der Waals surface area contributed by atoms with E-state index in [4.69, 9.17) is 4.98 Å². The summed E-state index contributed by atoms with van der Waals surface area (Å²) in [6, 6.07) is 28.5. The number of fused-ring (bicyclic) bond motifs is 4. The van der Waals surface area contributed by atoms with Gasteiger partial charge in [0.1, 0.15) is 0 Å². The van der Waals surface area contributed by atoms with Crippen molar-refractivity contribution in [1.29, 1.82) is 0 Å². The first-order chi connectivity index (χ1) is 13.3. The highest BCUT2D eigenvalue weighted by Crippen LogP contribution is 2.53. The lowest BCUT2D eigenvalue weighted by atomic mass is 9.73. The zero-order chi connectivity index (χ0) is 18.4. The van der Waals surface area contributed by atoms with Gasteiger partial charge >= 0.3 is 0 Å². The van der Waals surface area contributed by atoms with Crippen LogP contribution >= 0.6 is 0 Å². The topological polar surface area (TPSA) is 12.9 Å². The number of rotatable bonds is 3. The Morgan fingerprint density at radius 3 is 2.30 bits per heavy atom. The molecule has 1 aromatic heterocycles. The minimum absolute atomic E-state index is 0.110. The quantitative estimate of drug-likeness (QED) is 0.388. The maximum Gasteiger partial charge on any atom is 0.0709 e. The van der Waals surface area contributed by atoms with Crippen LogP contribution < -0.4 is 0 Å². The van der Waals surface area contributed by atoms with Gasteiger partial charge in [0, 0.05) is 16.4 Å². The fraction of sp³-hybridized carbons (Fsp3) is 0.192. The molecule has 1 aliphatic carbocycles. The maximum atomic E-state index is 4.92. The van der Waals surface area contributed by atoms with Crippen LogP contribution in [0.1, 0.15) is 37.8 Å². The van der Waals surface area contributed by atoms with Crippen LogP contribution in [0.4, 0.5) is 0 Å². The largest absolute Gasteiger partial charge is 0.248 e. The Hall–Kier alpha value is -2.93. The fourth-order valence-electron chi connectivity index (χ4n) is 4.85. The summed E-state index contributed by atoms with van der Waals surface area (Å²) in [7, 11) is 0. The van der Waals surface area contributed by atoms with E-state index in [0.717, 1.165) is 24.1 Å². The Labute approximate surface area is 160 Å². The van der Waals surface area contributed by atoms with Crippen LogP contribution in [0.15, 0.2) is 78.9 Å². The highest BCUT2D eigenvalue weighted by Gasteiger charge is 2.40. The molecular formula is C26H23N. The normalized spacial score (nSPS) is 14.1. The van der Waals surface area contributed by atoms with Crippen molar-refractivity contribution in [3.8, 4) is 22.4 Å². The monoisotopic (exact) mass is 349 g/mol. The molecule has 0 atom stereocenters. The van der Waals surface area contributed by atoms with E-state index in [0.29, 0.717) is 0 Å². The molecule has 0 amide bonds. The summed E-state index contributed by atoms with van der Waals surface area (Å²) in [6.45, 7) is 4.63. The summed E-state index contributed by atoms with van der Waals surface area (Å²) in [5, 5.41) is 1.19. The van der Waals surface area contributed by atoms with Gasteiger partial charge in [-0.3, -0.25) is 0 Å². The van der Waals surface area contributed by atoms with Gasteiger partial charge in [0.25, 0.3) is 0 Å². The summed E-state index contributed by atoms with van der Waals surface area (Å²) in [5.41, 5.74) is 9.14. The van der Waals surface area contributed by atoms with Crippen molar-refractivity contribution in [2.75, 3.05) is 0 Å². The van der Waals surface area contributed by atoms with Gasteiger partial charge < -0.3 is 0 Å². The van der Waals surface area contributed by atoms with E-state index in [1.165, 1.54) is 33.2 Å². The van der Waals surface area contributed by atoms with E-state index in [1.54, 1.807) is 0 Å². The van der Waals surface area contributed by atoms with E-state index >= 15 is 0 Å². The fourth-order valence-corrected chi connectivity index (χ4v) is 4.85. The zero-order valence-corrected chi connectivity index (χ0v) is 15.9. The van der Waals surface area contributed by atoms with Crippen molar-refractivity contribution in [2.45, 2.75) is 32.1 Å². The van der Waals surface area contributed by atoms with E-state index < -0.39 is 0 Å². The van der Waals surface area contributed by atoms with E-state index in [2.05, 4.69) is 92.7 Å². The van der Waals surface area contributed by atoms with Gasteiger partial charge in [-0.25, -0.2) is 4.98 Å². The molecule has 0 N–H and O–H groups in total. The molecule has 0 bridgehead atoms. The van der Waals surface area contributed by atoms with Gasteiger partial charge in [-0.2, -0.15) is 0 Å². The second-order valence-electron chi connectivity index (χ2n) is 7.48. The van der Waals surface area contributed by atoms with Crippen molar-refractivity contribution >= 4 is 10.9 Å². The Morgan fingerprint density at radius 2 is 1.44 bits per heavy atom. The van der Waals surface area contributed by atoms with Crippen molar-refractivity contribution in [3.63, 3.8) is 0 Å². The summed E-state index contributed by atoms with van der Waals surface area (Å²) >= 11 is 0. The number of aromatic nitrogens is 1. The Bertz CT molecular complexity index is 1150. The third-order valence-electron chi connectivity index (χ3n) is 6.37. The van der Waals surface area contributed by atoms with Crippen LogP contribution in [0.25, 0.3) is 33.3 Å². The molecule has 132 valence electrons. The first-order valence-corrected chi connectivity index (χ1v) is 9.87. The molecule has 5 rings (SSSR count). The van der Waals surface area contributed by atoms with Gasteiger partial charge in [-0.05, 0) is 53.3 Å². The number of benzene rings is 3. The van der Waals surface area contributed by atoms with E-state index in [1.807, 2.05) is 0 Å². The Kier molecular flexibility index (Phi) is 3.65. The predicted molar refractivity (Wildman–Crippen MR) is 114 cm³/mol. The molecule has 1 nitrogen and oxygen atoms in total. The van der Waals surface area contributed by atoms with Crippen LogP contribution in [0.2, 0.25) is 0 Å². The van der Waals surface area contributed by atoms with Crippen LogP contribution in [0.3, 0.4) is 0 Å². The maximum absolute atomic E-state index is 4.92. The van der Waals surface area contributed by atoms with Gasteiger partial charge in [0.15, 0.2) is 0 Å². The molecule has 0 fully saturated rings. The molecule has 0 radical (unpaired) electrons. The van der Waals surface area contributed by atoms with Gasteiger partial charge in [-0.15, -0.1) is 0 Å². The van der Waals surface area contributed by atoms with Gasteiger partial charge in [-0.1, -0.05) is 74.5 Å². The summed E-state index contributed by atoms with van der Waals surface area (Å²) in [4.78, 5) is 4.92. The molecule has 4 aromatic rings. The summed E-state index contributed by atoms with van der Waals surface area (Å²) in [6.07, 6.45) is 2.23. The minimum atomic E-state index is 0.110. The molecule has 0 unspecified atom stereocenters. The number of hydrogen-bond acceptors (Lipinski definition) is 1. The molecule has 1 heteroatoms. The molecule has 1 aliphatic rings. The lowest BCUT2D eigenvalue weighted by molar-refractivity contribution is 0.490. The van der Waals surface area contributed by atoms with Crippen LogP contribution in [-0.2, 0) is 5.41 Å². The van der Waals surface area contributed by atoms with Crippen molar-refractivity contribution in [1.82, 2.24) is 4.98 Å². The zero-order valence-electron chi connectivity index (χ0n) is 15.9. The average Bonchev–Trinajstić information content (AvgIpc) is 3.03. The number of pyridine rings is 1. The van der Waals surface area contributed by atoms with Crippen LogP contribution in [0, 0.1) is 0 Å². The lowest BCUT2D eigenvalue weighted by Crippen LogP contribution is -2.23. The Balaban J connectivity index is 1.72. The van der Waals surface area contributed by atoms with Crippen molar-refractivity contribution < 1.29 is 0 Å². The molecule has 0 saturated carbocycles. The molecule has 27 heavy (non-hydrogen) atoms. The van der Waals surface area contributed by atoms with E-state index in [-0.39, 0.29) is 5.41 Å². The highest BCUT2D eigenvalue weighted by molar-refractivity contribution is 5.85. The minimum Gasteiger partial charge on any atom is -0.248 e. The molecule has 1 heterocycles. The van der Waals surface area contributed by atoms with Gasteiger partial charge in [0.05, 0.1) is 11.2 Å². The first-order valence-electron chi connectivity index (χ1n) is 9.87. The standard InChI is InChI=1S/C26H23N/c1-3-26(4-2)22-11-7-6-10-20(22)21-15-13-19(17-23(21)26)25-16-14-18-9-5-8-12-24(18)27-25/h5-17H,3-4H2,1-2H3. The van der Waals surface area contributed by atoms with Gasteiger partial charge in [0.2, 0.25) is 0 Å². The second kappa shape index (κ2) is 6.06. The third-order valence-corrected chi connectivity index (χ3v) is 6.37. The summed E-state index contributed by atoms with van der Waals surface area (Å²) in [5.74, 6) is 0. The second-order valence-corrected chi connectivity index (χ2v) is 7.48. The number of hydrogen-bond donors (Lipinski definition) is 0. The molecular weight excluding hydrogens is 326 g/mol. The number of nitrogens with zero attached hydrogens (tertiary/aromatic N) is 1. The third kappa shape index (κ3) is 2.28. The number of para-hydroxylation sites is 1. The molecule has 0 aliphatic heterocycles. The molecule has 3 aromatic carbocycles. The van der Waals surface area contributed by atoms with Crippen molar-refractivity contribution in [3.05, 3.63) is 90.0 Å². The van der Waals surface area contributed by atoms with Crippen LogP contribution in [0.5, 0.6) is 0 Å². The molecule has 0 spiro atoms. The lowest BCUT2D eigenvalue weighted by Gasteiger charge is -2.29. The average molecular weight is 349 g/mol. The predicted octanol–water partition coefficient (Wildman–Crippen LogP) is 6.99. The highest BCUT2D eigenvalue weighted by atomic mass is 14.7. The SMILES string of the molecule is CCC1(CC)c2ccccc2-c2ccc(-c3ccc4ccccc4n3)cc21. The van der Waals surface area contributed by atoms with Crippen molar-refractivity contribution in [2.24, 2.45) is 0 Å². The molecule has 0 saturated heterocycles. The Morgan fingerprint density at radius 1 is 0.704 bits per heavy atom. The van der Waals surface area contributed by atoms with Crippen LogP contribution in [-0.4, -0.2) is 4.98 Å². The first kappa shape index (κ1) is 16.3. The van der Waals surface area contributed by atoms with E-state index in [9.17, 15) is 0 Å².